The molecule has 0 saturated carbocycles. The molecule has 7 heteroatoms. The summed E-state index contributed by atoms with van der Waals surface area (Å²) in [5.74, 6) is -0.565. The summed E-state index contributed by atoms with van der Waals surface area (Å²) >= 11 is 0. The molecule has 2 heterocycles. The summed E-state index contributed by atoms with van der Waals surface area (Å²) in [6.45, 7) is 1.13. The van der Waals surface area contributed by atoms with E-state index in [1.54, 1.807) is 11.0 Å². The van der Waals surface area contributed by atoms with E-state index in [9.17, 15) is 14.4 Å². The Bertz CT molecular complexity index is 652. The zero-order chi connectivity index (χ0) is 16.4. The fraction of sp³-hybridized carbons (Fsp3) is 0.438. The van der Waals surface area contributed by atoms with Crippen molar-refractivity contribution in [2.24, 2.45) is 0 Å². The summed E-state index contributed by atoms with van der Waals surface area (Å²) in [6, 6.07) is 4.57. The molecule has 0 aliphatic carbocycles. The number of amides is 3. The molecule has 23 heavy (non-hydrogen) atoms. The first-order valence-electron chi connectivity index (χ1n) is 7.63. The van der Waals surface area contributed by atoms with Crippen molar-refractivity contribution < 1.29 is 24.2 Å². The summed E-state index contributed by atoms with van der Waals surface area (Å²) in [6.07, 6.45) is 2.03. The number of imide groups is 1. The Labute approximate surface area is 133 Å². The highest BCUT2D eigenvalue weighted by Crippen LogP contribution is 2.26. The van der Waals surface area contributed by atoms with Crippen molar-refractivity contribution >= 4 is 17.7 Å². The monoisotopic (exact) mass is 318 g/mol. The minimum atomic E-state index is -0.449. The fourth-order valence-corrected chi connectivity index (χ4v) is 2.87. The van der Waals surface area contributed by atoms with Crippen molar-refractivity contribution in [3.63, 3.8) is 0 Å². The summed E-state index contributed by atoms with van der Waals surface area (Å²) < 4.78 is 5.46. The molecule has 0 radical (unpaired) electrons. The van der Waals surface area contributed by atoms with Gasteiger partial charge < -0.3 is 14.7 Å². The van der Waals surface area contributed by atoms with Crippen LogP contribution in [0.2, 0.25) is 0 Å². The number of benzene rings is 1. The number of fused-ring (bicyclic) bond motifs is 1. The zero-order valence-electron chi connectivity index (χ0n) is 12.7. The third kappa shape index (κ3) is 2.92. The van der Waals surface area contributed by atoms with Gasteiger partial charge in [0.25, 0.3) is 17.7 Å². The maximum atomic E-state index is 12.2. The number of aliphatic hydroxyl groups is 1. The molecular weight excluding hydrogens is 300 g/mol. The highest BCUT2D eigenvalue weighted by molar-refractivity contribution is 6.21. The number of carbonyl (C=O) groups excluding carboxylic acids is 3. The third-order valence-electron chi connectivity index (χ3n) is 4.09. The van der Waals surface area contributed by atoms with Gasteiger partial charge in [-0.15, -0.1) is 0 Å². The van der Waals surface area contributed by atoms with Gasteiger partial charge in [0.2, 0.25) is 0 Å². The molecule has 1 aromatic rings. The second-order valence-corrected chi connectivity index (χ2v) is 5.57. The summed E-state index contributed by atoms with van der Waals surface area (Å²) in [7, 11) is 0. The van der Waals surface area contributed by atoms with Gasteiger partial charge in [0, 0.05) is 13.1 Å². The minimum absolute atomic E-state index is 0.0318. The number of aliphatic hydroxyl groups excluding tert-OH is 1. The average Bonchev–Trinajstić information content (AvgIpc) is 3.17. The van der Waals surface area contributed by atoms with E-state index in [4.69, 9.17) is 9.84 Å². The Hall–Kier alpha value is -2.41. The summed E-state index contributed by atoms with van der Waals surface area (Å²) in [5.41, 5.74) is 0.538. The van der Waals surface area contributed by atoms with Crippen LogP contribution in [0.15, 0.2) is 18.2 Å². The molecule has 122 valence electrons. The third-order valence-corrected chi connectivity index (χ3v) is 4.09. The topological polar surface area (TPSA) is 87.1 Å². The van der Waals surface area contributed by atoms with Crippen LogP contribution in [0.4, 0.5) is 0 Å². The molecule has 1 aromatic carbocycles. The van der Waals surface area contributed by atoms with Crippen LogP contribution in [0.25, 0.3) is 0 Å². The number of nitrogens with zero attached hydrogens (tertiary/aromatic N) is 2. The van der Waals surface area contributed by atoms with Gasteiger partial charge in [0.05, 0.1) is 24.3 Å². The zero-order valence-corrected chi connectivity index (χ0v) is 12.7. The molecule has 1 saturated heterocycles. The van der Waals surface area contributed by atoms with Gasteiger partial charge in [0.15, 0.2) is 6.61 Å². The van der Waals surface area contributed by atoms with Gasteiger partial charge in [0.1, 0.15) is 5.75 Å². The van der Waals surface area contributed by atoms with Crippen molar-refractivity contribution in [2.45, 2.75) is 12.8 Å². The predicted molar refractivity (Wildman–Crippen MR) is 80.2 cm³/mol. The Morgan fingerprint density at radius 2 is 1.83 bits per heavy atom. The van der Waals surface area contributed by atoms with Crippen LogP contribution >= 0.6 is 0 Å². The summed E-state index contributed by atoms with van der Waals surface area (Å²) in [4.78, 5) is 38.9. The number of ether oxygens (including phenoxy) is 1. The van der Waals surface area contributed by atoms with Crippen molar-refractivity contribution in [2.75, 3.05) is 32.8 Å². The normalized spacial score (nSPS) is 16.9. The molecule has 7 nitrogen and oxygen atoms in total. The van der Waals surface area contributed by atoms with E-state index in [1.165, 1.54) is 12.1 Å². The van der Waals surface area contributed by atoms with Crippen LogP contribution in [-0.2, 0) is 4.79 Å². The highest BCUT2D eigenvalue weighted by atomic mass is 16.5. The molecular formula is C16H18N2O5. The average molecular weight is 318 g/mol. The van der Waals surface area contributed by atoms with E-state index < -0.39 is 11.8 Å². The smallest absolute Gasteiger partial charge is 0.261 e. The number of hydrogen-bond donors (Lipinski definition) is 1. The lowest BCUT2D eigenvalue weighted by Gasteiger charge is -2.15. The molecule has 0 unspecified atom stereocenters. The number of likely N-dealkylation sites (tertiary alicyclic amines) is 1. The van der Waals surface area contributed by atoms with E-state index in [1.807, 2.05) is 0 Å². The molecule has 0 aromatic heterocycles. The van der Waals surface area contributed by atoms with Gasteiger partial charge in [-0.1, -0.05) is 0 Å². The van der Waals surface area contributed by atoms with Crippen molar-refractivity contribution in [1.29, 1.82) is 0 Å². The standard InChI is InChI=1S/C16H18N2O5/c19-8-7-18-15(21)12-4-3-11(9-13(12)16(18)22)23-10-14(20)17-5-1-2-6-17/h3-4,9,19H,1-2,5-8,10H2. The van der Waals surface area contributed by atoms with E-state index in [0.717, 1.165) is 30.8 Å². The van der Waals surface area contributed by atoms with E-state index >= 15 is 0 Å². The van der Waals surface area contributed by atoms with Crippen LogP contribution in [0.3, 0.4) is 0 Å². The van der Waals surface area contributed by atoms with Gasteiger partial charge >= 0.3 is 0 Å². The first-order chi connectivity index (χ1) is 11.1. The first kappa shape index (κ1) is 15.5. The Morgan fingerprint density at radius 1 is 1.13 bits per heavy atom. The van der Waals surface area contributed by atoms with E-state index in [-0.39, 0.29) is 31.2 Å². The second kappa shape index (κ2) is 6.37. The van der Waals surface area contributed by atoms with Gasteiger partial charge in [-0.3, -0.25) is 19.3 Å². The molecule has 0 spiro atoms. The second-order valence-electron chi connectivity index (χ2n) is 5.57. The van der Waals surface area contributed by atoms with Gasteiger partial charge in [-0.05, 0) is 31.0 Å². The summed E-state index contributed by atoms with van der Waals surface area (Å²) in [5, 5.41) is 8.93. The molecule has 1 fully saturated rings. The van der Waals surface area contributed by atoms with Crippen LogP contribution in [0, 0.1) is 0 Å². The van der Waals surface area contributed by atoms with Crippen molar-refractivity contribution in [3.8, 4) is 5.75 Å². The predicted octanol–water partition coefficient (Wildman–Crippen LogP) is 0.276. The molecule has 3 amide bonds. The van der Waals surface area contributed by atoms with Gasteiger partial charge in [-0.25, -0.2) is 0 Å². The van der Waals surface area contributed by atoms with Crippen LogP contribution in [-0.4, -0.2) is 65.5 Å². The van der Waals surface area contributed by atoms with Crippen LogP contribution in [0.1, 0.15) is 33.6 Å². The largest absolute Gasteiger partial charge is 0.484 e. The molecule has 2 aliphatic rings. The first-order valence-corrected chi connectivity index (χ1v) is 7.63. The van der Waals surface area contributed by atoms with E-state index in [2.05, 4.69) is 0 Å². The van der Waals surface area contributed by atoms with Crippen molar-refractivity contribution in [3.05, 3.63) is 29.3 Å². The lowest BCUT2D eigenvalue weighted by atomic mass is 10.1. The number of carbonyl (C=O) groups is 3. The SMILES string of the molecule is O=C(COc1ccc2c(c1)C(=O)N(CCO)C2=O)N1CCCC1. The highest BCUT2D eigenvalue weighted by Gasteiger charge is 2.35. The maximum absolute atomic E-state index is 12.2. The Balaban J connectivity index is 1.69. The lowest BCUT2D eigenvalue weighted by Crippen LogP contribution is -2.32. The maximum Gasteiger partial charge on any atom is 0.261 e. The number of hydrogen-bond acceptors (Lipinski definition) is 5. The van der Waals surface area contributed by atoms with Gasteiger partial charge in [-0.2, -0.15) is 0 Å². The molecule has 0 bridgehead atoms. The van der Waals surface area contributed by atoms with Crippen LogP contribution in [0.5, 0.6) is 5.75 Å². The molecule has 0 atom stereocenters. The Morgan fingerprint density at radius 3 is 2.52 bits per heavy atom. The molecule has 1 N–H and O–H groups in total. The fourth-order valence-electron chi connectivity index (χ4n) is 2.87. The van der Waals surface area contributed by atoms with Crippen LogP contribution < -0.4 is 4.74 Å². The van der Waals surface area contributed by atoms with E-state index in [0.29, 0.717) is 11.3 Å². The number of β-amino-alcohol motifs (C(OH)–C–C–N with tert-alkyl or cyclic N) is 1. The molecule has 2 aliphatic heterocycles. The number of rotatable bonds is 5. The quantitative estimate of drug-likeness (QED) is 0.788. The lowest BCUT2D eigenvalue weighted by molar-refractivity contribution is -0.132. The van der Waals surface area contributed by atoms with Crippen molar-refractivity contribution in [1.82, 2.24) is 9.80 Å². The Kier molecular flexibility index (Phi) is 4.29. The minimum Gasteiger partial charge on any atom is -0.484 e. The molecule has 3 rings (SSSR count).